The summed E-state index contributed by atoms with van der Waals surface area (Å²) in [5, 5.41) is 12.1. The van der Waals surface area contributed by atoms with Crippen molar-refractivity contribution < 1.29 is 19.4 Å². The highest BCUT2D eigenvalue weighted by Crippen LogP contribution is 2.22. The molecule has 0 saturated carbocycles. The number of carbonyl (C=O) groups is 2. The van der Waals surface area contributed by atoms with Crippen molar-refractivity contribution in [2.24, 2.45) is 0 Å². The molecule has 1 saturated heterocycles. The highest BCUT2D eigenvalue weighted by atomic mass is 79.9. The minimum Gasteiger partial charge on any atom is -0.479 e. The maximum Gasteiger partial charge on any atom is 0.332 e. The van der Waals surface area contributed by atoms with E-state index in [0.717, 1.165) is 10.0 Å². The summed E-state index contributed by atoms with van der Waals surface area (Å²) in [4.78, 5) is 22.6. The second-order valence-corrected chi connectivity index (χ2v) is 5.81. The van der Waals surface area contributed by atoms with Gasteiger partial charge in [0.25, 0.3) is 0 Å². The Morgan fingerprint density at radius 1 is 1.40 bits per heavy atom. The van der Waals surface area contributed by atoms with Crippen molar-refractivity contribution in [3.8, 4) is 0 Å². The molecule has 0 aliphatic carbocycles. The molecule has 0 radical (unpaired) electrons. The van der Waals surface area contributed by atoms with Crippen molar-refractivity contribution in [1.82, 2.24) is 5.32 Å². The Kier molecular flexibility index (Phi) is 5.01. The van der Waals surface area contributed by atoms with Gasteiger partial charge in [0.15, 0.2) is 6.10 Å². The summed E-state index contributed by atoms with van der Waals surface area (Å²) >= 11 is 9.35. The number of hydrogen-bond donors (Lipinski definition) is 2. The van der Waals surface area contributed by atoms with E-state index in [1.54, 1.807) is 6.07 Å². The quantitative estimate of drug-likeness (QED) is 0.862. The Bertz CT molecular complexity index is 537. The molecule has 0 bridgehead atoms. The highest BCUT2D eigenvalue weighted by Gasteiger charge is 2.34. The van der Waals surface area contributed by atoms with E-state index in [1.807, 2.05) is 12.1 Å². The fourth-order valence-electron chi connectivity index (χ4n) is 1.97. The van der Waals surface area contributed by atoms with E-state index in [9.17, 15) is 9.59 Å². The Balaban J connectivity index is 1.88. The van der Waals surface area contributed by atoms with Crippen LogP contribution in [0.4, 0.5) is 0 Å². The second kappa shape index (κ2) is 6.56. The van der Waals surface area contributed by atoms with Gasteiger partial charge in [-0.15, -0.1) is 0 Å². The van der Waals surface area contributed by atoms with E-state index >= 15 is 0 Å². The number of rotatable bonds is 4. The molecule has 1 heterocycles. The number of aliphatic carboxylic acids is 1. The fourth-order valence-corrected chi connectivity index (χ4v) is 2.71. The third kappa shape index (κ3) is 3.71. The molecule has 2 atom stereocenters. The van der Waals surface area contributed by atoms with Crippen LogP contribution in [0.3, 0.4) is 0 Å². The number of halogens is 2. The van der Waals surface area contributed by atoms with Crippen LogP contribution in [0.1, 0.15) is 18.4 Å². The number of carbonyl (C=O) groups excluding carboxylic acids is 1. The number of carboxylic acids is 1. The molecule has 1 aliphatic rings. The number of ether oxygens (including phenoxy) is 1. The molecule has 0 aromatic heterocycles. The lowest BCUT2D eigenvalue weighted by Crippen LogP contribution is -2.35. The van der Waals surface area contributed by atoms with Gasteiger partial charge in [0.05, 0.1) is 0 Å². The van der Waals surface area contributed by atoms with Gasteiger partial charge >= 0.3 is 5.97 Å². The van der Waals surface area contributed by atoms with E-state index < -0.39 is 18.2 Å². The largest absolute Gasteiger partial charge is 0.479 e. The zero-order chi connectivity index (χ0) is 14.7. The van der Waals surface area contributed by atoms with Crippen molar-refractivity contribution in [2.75, 3.05) is 0 Å². The number of benzene rings is 1. The molecule has 1 aromatic carbocycles. The smallest absolute Gasteiger partial charge is 0.332 e. The first-order chi connectivity index (χ1) is 9.47. The van der Waals surface area contributed by atoms with E-state index in [4.69, 9.17) is 21.4 Å². The third-order valence-electron chi connectivity index (χ3n) is 3.06. The van der Waals surface area contributed by atoms with E-state index in [2.05, 4.69) is 21.2 Å². The normalized spacial score (nSPS) is 21.7. The van der Waals surface area contributed by atoms with Gasteiger partial charge in [-0.05, 0) is 30.5 Å². The summed E-state index contributed by atoms with van der Waals surface area (Å²) < 4.78 is 6.03. The van der Waals surface area contributed by atoms with Crippen LogP contribution < -0.4 is 5.32 Å². The number of amides is 1. The van der Waals surface area contributed by atoms with Gasteiger partial charge in [-0.2, -0.15) is 0 Å². The van der Waals surface area contributed by atoms with Crippen LogP contribution in [0.25, 0.3) is 0 Å². The average molecular weight is 363 g/mol. The zero-order valence-corrected chi connectivity index (χ0v) is 12.8. The summed E-state index contributed by atoms with van der Waals surface area (Å²) in [6.45, 7) is 0.280. The van der Waals surface area contributed by atoms with Crippen molar-refractivity contribution in [3.05, 3.63) is 33.3 Å². The molecule has 5 nitrogen and oxygen atoms in total. The summed E-state index contributed by atoms with van der Waals surface area (Å²) in [5.74, 6) is -1.34. The standard InChI is InChI=1S/C13H13BrClNO4/c14-8-2-1-7(9(15)5-8)6-16-12(17)10-3-4-11(20-10)13(18)19/h1-2,5,10-11H,3-4,6H2,(H,16,17)(H,18,19)/t10-,11+/m0/s1. The van der Waals surface area contributed by atoms with Crippen molar-refractivity contribution >= 4 is 39.4 Å². The summed E-state index contributed by atoms with van der Waals surface area (Å²) in [6.07, 6.45) is -0.823. The molecule has 2 N–H and O–H groups in total. The molecule has 1 amide bonds. The Morgan fingerprint density at radius 2 is 2.10 bits per heavy atom. The molecule has 1 aliphatic heterocycles. The van der Waals surface area contributed by atoms with Crippen LogP contribution >= 0.6 is 27.5 Å². The van der Waals surface area contributed by atoms with Gasteiger partial charge in [0.1, 0.15) is 6.10 Å². The average Bonchev–Trinajstić information content (AvgIpc) is 2.87. The van der Waals surface area contributed by atoms with Crippen LogP contribution in [0.5, 0.6) is 0 Å². The monoisotopic (exact) mass is 361 g/mol. The van der Waals surface area contributed by atoms with Gasteiger partial charge in [-0.3, -0.25) is 4.79 Å². The zero-order valence-electron chi connectivity index (χ0n) is 10.4. The topological polar surface area (TPSA) is 75.6 Å². The molecule has 1 aromatic rings. The Labute approximate surface area is 129 Å². The molecule has 7 heteroatoms. The van der Waals surface area contributed by atoms with Gasteiger partial charge in [0, 0.05) is 16.0 Å². The molecule has 1 fully saturated rings. The molecule has 0 spiro atoms. The lowest BCUT2D eigenvalue weighted by atomic mass is 10.2. The number of carboxylic acid groups (broad SMARTS) is 1. The van der Waals surface area contributed by atoms with Crippen LogP contribution in [0.2, 0.25) is 5.02 Å². The van der Waals surface area contributed by atoms with Crippen LogP contribution in [-0.2, 0) is 20.9 Å². The minimum absolute atomic E-state index is 0.280. The fraction of sp³-hybridized carbons (Fsp3) is 0.385. The predicted octanol–water partition coefficient (Wildman–Crippen LogP) is 2.35. The van der Waals surface area contributed by atoms with Crippen molar-refractivity contribution in [3.63, 3.8) is 0 Å². The molecular weight excluding hydrogens is 350 g/mol. The van der Waals surface area contributed by atoms with Crippen LogP contribution in [-0.4, -0.2) is 29.2 Å². The minimum atomic E-state index is -1.03. The molecule has 20 heavy (non-hydrogen) atoms. The highest BCUT2D eigenvalue weighted by molar-refractivity contribution is 9.10. The Morgan fingerprint density at radius 3 is 2.70 bits per heavy atom. The first-order valence-corrected chi connectivity index (χ1v) is 7.24. The second-order valence-electron chi connectivity index (χ2n) is 4.48. The first kappa shape index (κ1) is 15.3. The molecule has 2 rings (SSSR count). The lowest BCUT2D eigenvalue weighted by molar-refractivity contribution is -0.151. The molecular formula is C13H13BrClNO4. The first-order valence-electron chi connectivity index (χ1n) is 6.07. The lowest BCUT2D eigenvalue weighted by Gasteiger charge is -2.12. The Hall–Kier alpha value is -1.11. The molecule has 108 valence electrons. The SMILES string of the molecule is O=C(NCc1ccc(Br)cc1Cl)[C@@H]1CC[C@H](C(=O)O)O1. The van der Waals surface area contributed by atoms with Gasteiger partial charge in [-0.25, -0.2) is 4.79 Å². The number of nitrogens with one attached hydrogen (secondary N) is 1. The van der Waals surface area contributed by atoms with Gasteiger partial charge in [-0.1, -0.05) is 33.6 Å². The van der Waals surface area contributed by atoms with E-state index in [0.29, 0.717) is 17.9 Å². The molecule has 0 unspecified atom stereocenters. The van der Waals surface area contributed by atoms with Crippen molar-refractivity contribution in [1.29, 1.82) is 0 Å². The summed E-state index contributed by atoms with van der Waals surface area (Å²) in [6, 6.07) is 5.39. The third-order valence-corrected chi connectivity index (χ3v) is 3.90. The maximum atomic E-state index is 11.9. The van der Waals surface area contributed by atoms with Crippen LogP contribution in [0.15, 0.2) is 22.7 Å². The van der Waals surface area contributed by atoms with Crippen LogP contribution in [0, 0.1) is 0 Å². The van der Waals surface area contributed by atoms with Gasteiger partial charge in [0.2, 0.25) is 5.91 Å². The van der Waals surface area contributed by atoms with E-state index in [1.165, 1.54) is 0 Å². The summed E-state index contributed by atoms with van der Waals surface area (Å²) in [7, 11) is 0. The van der Waals surface area contributed by atoms with Crippen molar-refractivity contribution in [2.45, 2.75) is 31.6 Å². The maximum absolute atomic E-state index is 11.9. The predicted molar refractivity (Wildman–Crippen MR) is 76.5 cm³/mol. The summed E-state index contributed by atoms with van der Waals surface area (Å²) in [5.41, 5.74) is 0.788. The van der Waals surface area contributed by atoms with E-state index in [-0.39, 0.29) is 12.5 Å². The number of hydrogen-bond acceptors (Lipinski definition) is 3. The van der Waals surface area contributed by atoms with Gasteiger partial charge < -0.3 is 15.2 Å².